The quantitative estimate of drug-likeness (QED) is 0.689. The zero-order chi connectivity index (χ0) is 19.4. The molecule has 3 aromatic heterocycles. The van der Waals surface area contributed by atoms with Crippen LogP contribution in [0.15, 0.2) is 36.7 Å². The van der Waals surface area contributed by atoms with Crippen molar-refractivity contribution in [2.45, 2.75) is 20.3 Å². The molecule has 0 aliphatic heterocycles. The number of hydrogen-bond donors (Lipinski definition) is 1. The first-order valence-corrected chi connectivity index (χ1v) is 8.84. The number of ether oxygens (including phenoxy) is 1. The van der Waals surface area contributed by atoms with Gasteiger partial charge in [-0.25, -0.2) is 0 Å². The highest BCUT2D eigenvalue weighted by molar-refractivity contribution is 5.90. The van der Waals surface area contributed by atoms with E-state index in [1.165, 1.54) is 5.56 Å². The van der Waals surface area contributed by atoms with Crippen LogP contribution in [0.2, 0.25) is 0 Å². The summed E-state index contributed by atoms with van der Waals surface area (Å²) in [7, 11) is 3.58. The molecule has 3 rings (SSSR count). The van der Waals surface area contributed by atoms with Crippen LogP contribution in [-0.4, -0.2) is 46.2 Å². The maximum absolute atomic E-state index is 12.0. The molecule has 8 heteroatoms. The number of carbonyl (C=O) groups excluding carboxylic acids is 1. The van der Waals surface area contributed by atoms with Crippen LogP contribution in [0.1, 0.15) is 19.4 Å². The van der Waals surface area contributed by atoms with Crippen molar-refractivity contribution in [2.24, 2.45) is 5.92 Å². The lowest BCUT2D eigenvalue weighted by molar-refractivity contribution is -0.118. The highest BCUT2D eigenvalue weighted by atomic mass is 16.5. The number of pyridine rings is 2. The molecule has 1 N–H and O–H groups in total. The van der Waals surface area contributed by atoms with Gasteiger partial charge in [-0.05, 0) is 36.2 Å². The van der Waals surface area contributed by atoms with Crippen LogP contribution in [-0.2, 0) is 11.2 Å². The van der Waals surface area contributed by atoms with Gasteiger partial charge < -0.3 is 9.64 Å². The topological polar surface area (TPSA) is 84.6 Å². The van der Waals surface area contributed by atoms with Gasteiger partial charge in [-0.3, -0.25) is 15.1 Å². The number of hydrogen-bond acceptors (Lipinski definition) is 6. The Bertz CT molecular complexity index is 923. The maximum Gasteiger partial charge on any atom is 0.249 e. The number of nitrogens with one attached hydrogen (secondary N) is 1. The molecule has 3 aromatic rings. The molecule has 0 saturated carbocycles. The minimum atomic E-state index is -0.152. The minimum Gasteiger partial charge on any atom is -0.493 e. The average molecular weight is 368 g/mol. The van der Waals surface area contributed by atoms with Crippen LogP contribution in [0.3, 0.4) is 0 Å². The van der Waals surface area contributed by atoms with E-state index >= 15 is 0 Å². The lowest BCUT2D eigenvalue weighted by Crippen LogP contribution is -2.23. The monoisotopic (exact) mass is 368 g/mol. The van der Waals surface area contributed by atoms with E-state index < -0.39 is 0 Å². The first kappa shape index (κ1) is 18.6. The van der Waals surface area contributed by atoms with Crippen molar-refractivity contribution in [3.05, 3.63) is 42.2 Å². The number of aromatic nitrogens is 4. The Hall–Kier alpha value is -3.16. The Kier molecular flexibility index (Phi) is 5.54. The van der Waals surface area contributed by atoms with Gasteiger partial charge in [0.25, 0.3) is 0 Å². The van der Waals surface area contributed by atoms with Crippen LogP contribution in [0.4, 0.5) is 11.8 Å². The van der Waals surface area contributed by atoms with Crippen molar-refractivity contribution < 1.29 is 9.53 Å². The molecule has 0 atom stereocenters. The summed E-state index contributed by atoms with van der Waals surface area (Å²) in [5.41, 5.74) is 1.77. The first-order valence-electron chi connectivity index (χ1n) is 8.84. The molecule has 0 saturated heterocycles. The molecule has 0 aliphatic rings. The van der Waals surface area contributed by atoms with E-state index in [0.29, 0.717) is 11.4 Å². The highest BCUT2D eigenvalue weighted by Crippen LogP contribution is 2.25. The molecule has 1 amide bonds. The Morgan fingerprint density at radius 2 is 2.00 bits per heavy atom. The van der Waals surface area contributed by atoms with Crippen molar-refractivity contribution in [1.82, 2.24) is 19.6 Å². The Morgan fingerprint density at radius 1 is 1.26 bits per heavy atom. The number of anilines is 2. The molecule has 142 valence electrons. The molecule has 3 heterocycles. The number of likely N-dealkylation sites (N-methyl/N-ethyl adjacent to an activating group) is 1. The fourth-order valence-electron chi connectivity index (χ4n) is 2.64. The lowest BCUT2D eigenvalue weighted by Gasteiger charge is -2.20. The standard InChI is InChI=1S/C19H24N6O2/c1-13(2)18(26)22-19-21-17-15(27-4)5-6-16(25(17)23-19)24(3)12-9-14-7-10-20-11-8-14/h5-8,10-11,13H,9,12H2,1-4H3,(H,22,23,26). The van der Waals surface area contributed by atoms with E-state index in [1.807, 2.05) is 45.2 Å². The number of rotatable bonds is 7. The minimum absolute atomic E-state index is 0.127. The predicted molar refractivity (Wildman–Crippen MR) is 104 cm³/mol. The van der Waals surface area contributed by atoms with E-state index in [9.17, 15) is 4.79 Å². The smallest absolute Gasteiger partial charge is 0.249 e. The third-order valence-electron chi connectivity index (χ3n) is 4.28. The Morgan fingerprint density at radius 3 is 2.67 bits per heavy atom. The number of fused-ring (bicyclic) bond motifs is 1. The normalized spacial score (nSPS) is 11.0. The van der Waals surface area contributed by atoms with E-state index in [2.05, 4.69) is 25.3 Å². The molecular weight excluding hydrogens is 344 g/mol. The van der Waals surface area contributed by atoms with Gasteiger partial charge in [0.1, 0.15) is 5.82 Å². The fourth-order valence-corrected chi connectivity index (χ4v) is 2.64. The second-order valence-corrected chi connectivity index (χ2v) is 6.60. The molecule has 0 unspecified atom stereocenters. The van der Waals surface area contributed by atoms with E-state index in [0.717, 1.165) is 18.8 Å². The molecule has 0 bridgehead atoms. The zero-order valence-corrected chi connectivity index (χ0v) is 16.0. The summed E-state index contributed by atoms with van der Waals surface area (Å²) in [5.74, 6) is 1.44. The molecule has 0 aromatic carbocycles. The van der Waals surface area contributed by atoms with Gasteiger partial charge >= 0.3 is 0 Å². The van der Waals surface area contributed by atoms with Gasteiger partial charge in [-0.15, -0.1) is 5.10 Å². The maximum atomic E-state index is 12.0. The number of methoxy groups -OCH3 is 1. The van der Waals surface area contributed by atoms with Crippen molar-refractivity contribution in [1.29, 1.82) is 0 Å². The number of carbonyl (C=O) groups is 1. The molecule has 0 spiro atoms. The summed E-state index contributed by atoms with van der Waals surface area (Å²) in [4.78, 5) is 22.5. The van der Waals surface area contributed by atoms with Crippen LogP contribution in [0.25, 0.3) is 5.65 Å². The summed E-state index contributed by atoms with van der Waals surface area (Å²) in [5, 5.41) is 7.20. The van der Waals surface area contributed by atoms with Gasteiger partial charge in [0.05, 0.1) is 7.11 Å². The third kappa shape index (κ3) is 4.16. The summed E-state index contributed by atoms with van der Waals surface area (Å²) in [6.07, 6.45) is 4.46. The SMILES string of the molecule is COc1ccc(N(C)CCc2ccncc2)n2nc(NC(=O)C(C)C)nc12. The lowest BCUT2D eigenvalue weighted by atomic mass is 10.2. The first-order chi connectivity index (χ1) is 13.0. The van der Waals surface area contributed by atoms with Gasteiger partial charge in [-0.2, -0.15) is 9.50 Å². The average Bonchev–Trinajstić information content (AvgIpc) is 3.09. The van der Waals surface area contributed by atoms with Gasteiger partial charge in [0.15, 0.2) is 5.75 Å². The van der Waals surface area contributed by atoms with E-state index in [1.54, 1.807) is 24.0 Å². The van der Waals surface area contributed by atoms with Crippen LogP contribution in [0, 0.1) is 5.92 Å². The second kappa shape index (κ2) is 8.03. The summed E-state index contributed by atoms with van der Waals surface area (Å²) in [6.45, 7) is 4.44. The van der Waals surface area contributed by atoms with Crippen molar-refractivity contribution in [2.75, 3.05) is 30.9 Å². The molecule has 0 aliphatic carbocycles. The van der Waals surface area contributed by atoms with Gasteiger partial charge in [-0.1, -0.05) is 13.8 Å². The van der Waals surface area contributed by atoms with Gasteiger partial charge in [0, 0.05) is 31.9 Å². The molecule has 0 radical (unpaired) electrons. The fraction of sp³-hybridized carbons (Fsp3) is 0.368. The van der Waals surface area contributed by atoms with Gasteiger partial charge in [0.2, 0.25) is 17.5 Å². The van der Waals surface area contributed by atoms with Crippen LogP contribution in [0.5, 0.6) is 5.75 Å². The third-order valence-corrected chi connectivity index (χ3v) is 4.28. The molecule has 27 heavy (non-hydrogen) atoms. The highest BCUT2D eigenvalue weighted by Gasteiger charge is 2.17. The largest absolute Gasteiger partial charge is 0.493 e. The van der Waals surface area contributed by atoms with Crippen molar-refractivity contribution in [3.63, 3.8) is 0 Å². The summed E-state index contributed by atoms with van der Waals surface area (Å²) < 4.78 is 7.09. The second-order valence-electron chi connectivity index (χ2n) is 6.60. The number of nitrogens with zero attached hydrogens (tertiary/aromatic N) is 5. The van der Waals surface area contributed by atoms with Crippen molar-refractivity contribution in [3.8, 4) is 5.75 Å². The predicted octanol–water partition coefficient (Wildman–Crippen LogP) is 2.41. The van der Waals surface area contributed by atoms with Crippen LogP contribution >= 0.6 is 0 Å². The van der Waals surface area contributed by atoms with Crippen molar-refractivity contribution >= 4 is 23.3 Å². The Balaban J connectivity index is 1.88. The number of amides is 1. The van der Waals surface area contributed by atoms with E-state index in [4.69, 9.17) is 4.74 Å². The van der Waals surface area contributed by atoms with E-state index in [-0.39, 0.29) is 17.8 Å². The zero-order valence-electron chi connectivity index (χ0n) is 16.0. The summed E-state index contributed by atoms with van der Waals surface area (Å²) >= 11 is 0. The molecule has 0 fully saturated rings. The molecular formula is C19H24N6O2. The van der Waals surface area contributed by atoms with Crippen LogP contribution < -0.4 is 15.0 Å². The molecule has 8 nitrogen and oxygen atoms in total. The Labute approximate surface area is 158 Å². The summed E-state index contributed by atoms with van der Waals surface area (Å²) in [6, 6.07) is 7.80.